The summed E-state index contributed by atoms with van der Waals surface area (Å²) in [6.07, 6.45) is 3.65. The first-order valence-corrected chi connectivity index (χ1v) is 10.3. The number of halogens is 2. The van der Waals surface area contributed by atoms with Gasteiger partial charge in [0.1, 0.15) is 0 Å². The van der Waals surface area contributed by atoms with Crippen molar-refractivity contribution in [3.8, 4) is 22.3 Å². The van der Waals surface area contributed by atoms with Crippen LogP contribution in [0.4, 0.5) is 0 Å². The molecule has 0 heterocycles. The smallest absolute Gasteiger partial charge is 0.0514 e. The molecule has 0 saturated carbocycles. The van der Waals surface area contributed by atoms with E-state index in [9.17, 15) is 0 Å². The maximum atomic E-state index is 3.65. The van der Waals surface area contributed by atoms with Gasteiger partial charge in [-0.05, 0) is 57.6 Å². The number of benzene rings is 4. The molecule has 0 fully saturated rings. The van der Waals surface area contributed by atoms with Gasteiger partial charge in [-0.1, -0.05) is 105 Å². The highest BCUT2D eigenvalue weighted by molar-refractivity contribution is 9.10. The van der Waals surface area contributed by atoms with Gasteiger partial charge >= 0.3 is 0 Å². The van der Waals surface area contributed by atoms with E-state index in [-0.39, 0.29) is 0 Å². The highest BCUT2D eigenvalue weighted by Gasteiger charge is 2.11. The average Bonchev–Trinajstić information content (AvgIpc) is 2.69. The van der Waals surface area contributed by atoms with Crippen molar-refractivity contribution in [3.63, 3.8) is 0 Å². The third-order valence-corrected chi connectivity index (χ3v) is 5.38. The van der Waals surface area contributed by atoms with Crippen LogP contribution in [0.2, 0.25) is 0 Å². The van der Waals surface area contributed by atoms with Crippen LogP contribution >= 0.6 is 31.9 Å². The van der Waals surface area contributed by atoms with Crippen molar-refractivity contribution in [1.29, 1.82) is 0 Å². The largest absolute Gasteiger partial charge is 0.0619 e. The van der Waals surface area contributed by atoms with Crippen molar-refractivity contribution in [2.75, 3.05) is 0 Å². The lowest BCUT2D eigenvalue weighted by Crippen LogP contribution is -1.93. The third-order valence-electron chi connectivity index (χ3n) is 4.39. The Balaban J connectivity index is 1.77. The molecule has 4 aromatic rings. The molecule has 130 valence electrons. The molecule has 0 amide bonds. The first-order chi connectivity index (χ1) is 13.2. The Morgan fingerprint density at radius 2 is 0.926 bits per heavy atom. The molecule has 0 bridgehead atoms. The van der Waals surface area contributed by atoms with Crippen LogP contribution in [0.15, 0.2) is 106 Å². The molecule has 0 saturated heterocycles. The van der Waals surface area contributed by atoms with Crippen LogP contribution in [-0.2, 0) is 0 Å². The van der Waals surface area contributed by atoms with Gasteiger partial charge in [-0.2, -0.15) is 0 Å². The molecular weight excluding hydrogens is 460 g/mol. The minimum atomic E-state index is 1.07. The molecule has 4 rings (SSSR count). The predicted octanol–water partition coefficient (Wildman–Crippen LogP) is 8.02. The van der Waals surface area contributed by atoms with Crippen molar-refractivity contribution >= 4 is 31.9 Å². The van der Waals surface area contributed by atoms with E-state index in [2.05, 4.69) is 123 Å². The van der Waals surface area contributed by atoms with Crippen LogP contribution in [0.25, 0.3) is 22.3 Å². The highest BCUT2D eigenvalue weighted by atomic mass is 79.9. The summed E-state index contributed by atoms with van der Waals surface area (Å²) in [4.78, 5) is 0. The molecule has 0 nitrogen and oxygen atoms in total. The molecule has 2 radical (unpaired) electrons. The topological polar surface area (TPSA) is 0 Å². The summed E-state index contributed by atoms with van der Waals surface area (Å²) in [7, 11) is 0. The van der Waals surface area contributed by atoms with Crippen LogP contribution in [0.1, 0.15) is 11.1 Å². The van der Waals surface area contributed by atoms with Gasteiger partial charge in [0.05, 0.1) is 6.42 Å². The van der Waals surface area contributed by atoms with Gasteiger partial charge in [-0.15, -0.1) is 0 Å². The van der Waals surface area contributed by atoms with E-state index in [0.29, 0.717) is 0 Å². The molecule has 0 N–H and O–H groups in total. The van der Waals surface area contributed by atoms with Gasteiger partial charge in [0.25, 0.3) is 0 Å². The van der Waals surface area contributed by atoms with Crippen LogP contribution in [0.3, 0.4) is 0 Å². The second-order valence-corrected chi connectivity index (χ2v) is 8.07. The summed E-state index contributed by atoms with van der Waals surface area (Å²) in [5.41, 5.74) is 6.85. The molecule has 0 aromatic heterocycles. The van der Waals surface area contributed by atoms with E-state index in [4.69, 9.17) is 0 Å². The van der Waals surface area contributed by atoms with Gasteiger partial charge < -0.3 is 0 Å². The molecule has 27 heavy (non-hydrogen) atoms. The van der Waals surface area contributed by atoms with Gasteiger partial charge in [0.15, 0.2) is 0 Å². The molecule has 0 aliphatic carbocycles. The van der Waals surface area contributed by atoms with Crippen LogP contribution in [0, 0.1) is 6.42 Å². The van der Waals surface area contributed by atoms with Crippen molar-refractivity contribution in [3.05, 3.63) is 124 Å². The Hall–Kier alpha value is -2.16. The molecule has 0 unspecified atom stereocenters. The average molecular weight is 476 g/mol. The minimum Gasteiger partial charge on any atom is -0.0619 e. The van der Waals surface area contributed by atoms with E-state index in [1.165, 1.54) is 22.3 Å². The van der Waals surface area contributed by atoms with E-state index in [0.717, 1.165) is 20.1 Å². The van der Waals surface area contributed by atoms with Crippen molar-refractivity contribution in [2.45, 2.75) is 0 Å². The summed E-state index contributed by atoms with van der Waals surface area (Å²) in [6.45, 7) is 0. The predicted molar refractivity (Wildman–Crippen MR) is 121 cm³/mol. The number of hydrogen-bond donors (Lipinski definition) is 0. The Morgan fingerprint density at radius 1 is 0.481 bits per heavy atom. The zero-order valence-electron chi connectivity index (χ0n) is 14.5. The van der Waals surface area contributed by atoms with E-state index < -0.39 is 0 Å². The molecular formula is C25H16Br2. The summed E-state index contributed by atoms with van der Waals surface area (Å²) in [5, 5.41) is 0. The molecule has 0 aliphatic heterocycles. The van der Waals surface area contributed by atoms with Crippen LogP contribution in [-0.4, -0.2) is 0 Å². The van der Waals surface area contributed by atoms with E-state index in [1.807, 2.05) is 12.1 Å². The van der Waals surface area contributed by atoms with Crippen LogP contribution < -0.4 is 0 Å². The lowest BCUT2D eigenvalue weighted by Gasteiger charge is -2.13. The van der Waals surface area contributed by atoms with Gasteiger partial charge in [0, 0.05) is 8.95 Å². The fourth-order valence-electron chi connectivity index (χ4n) is 3.14. The second kappa shape index (κ2) is 8.24. The maximum Gasteiger partial charge on any atom is 0.0514 e. The summed E-state index contributed by atoms with van der Waals surface area (Å²) in [5.74, 6) is 0. The highest BCUT2D eigenvalue weighted by Crippen LogP contribution is 2.32. The Bertz CT molecular complexity index is 996. The first-order valence-electron chi connectivity index (χ1n) is 8.68. The minimum absolute atomic E-state index is 1.07. The molecule has 2 heteroatoms. The summed E-state index contributed by atoms with van der Waals surface area (Å²) >= 11 is 7.15. The first kappa shape index (κ1) is 18.2. The van der Waals surface area contributed by atoms with Gasteiger partial charge in [-0.25, -0.2) is 0 Å². The van der Waals surface area contributed by atoms with Crippen LogP contribution in [0.5, 0.6) is 0 Å². The van der Waals surface area contributed by atoms with Crippen molar-refractivity contribution in [1.82, 2.24) is 0 Å². The Kier molecular flexibility index (Phi) is 5.56. The van der Waals surface area contributed by atoms with Crippen molar-refractivity contribution < 1.29 is 0 Å². The zero-order chi connectivity index (χ0) is 18.6. The fraction of sp³-hybridized carbons (Fsp3) is 0. The third kappa shape index (κ3) is 4.23. The molecule has 4 aromatic carbocycles. The summed E-state index contributed by atoms with van der Waals surface area (Å²) in [6, 6.07) is 33.5. The Morgan fingerprint density at radius 3 is 1.37 bits per heavy atom. The Labute approximate surface area is 177 Å². The lowest BCUT2D eigenvalue weighted by molar-refractivity contribution is 1.42. The SMILES string of the molecule is Brc1cccc(-c2ccccc2[C]c2ccccc2-c2cccc(Br)c2)c1. The molecule has 0 atom stereocenters. The lowest BCUT2D eigenvalue weighted by atomic mass is 9.91. The normalized spacial score (nSPS) is 10.7. The number of hydrogen-bond acceptors (Lipinski definition) is 0. The monoisotopic (exact) mass is 474 g/mol. The van der Waals surface area contributed by atoms with E-state index in [1.54, 1.807) is 0 Å². The summed E-state index contributed by atoms with van der Waals surface area (Å²) < 4.78 is 2.15. The standard InChI is InChI=1S/C25H16Br2/c26-22-11-5-9-20(16-22)24-13-3-1-7-18(24)15-19-8-2-4-14-25(19)21-10-6-12-23(27)17-21/h1-14,16-17H. The maximum absolute atomic E-state index is 3.65. The quantitative estimate of drug-likeness (QED) is 0.280. The molecule has 0 spiro atoms. The van der Waals surface area contributed by atoms with Crippen molar-refractivity contribution in [2.24, 2.45) is 0 Å². The fourth-order valence-corrected chi connectivity index (χ4v) is 3.94. The molecule has 0 aliphatic rings. The van der Waals surface area contributed by atoms with E-state index >= 15 is 0 Å². The number of rotatable bonds is 4. The second-order valence-electron chi connectivity index (χ2n) is 6.24. The zero-order valence-corrected chi connectivity index (χ0v) is 17.7. The van der Waals surface area contributed by atoms with Gasteiger partial charge in [0.2, 0.25) is 0 Å². The van der Waals surface area contributed by atoms with Gasteiger partial charge in [-0.3, -0.25) is 0 Å².